The number of carbonyl (C=O) groups is 4. The molecule has 0 aliphatic carbocycles. The summed E-state index contributed by atoms with van der Waals surface area (Å²) in [6.07, 6.45) is 0.185. The third-order valence-electron chi connectivity index (χ3n) is 7.89. The normalized spacial score (nSPS) is 16.3. The fraction of sp³-hybridized carbons (Fsp3) is 0.600. The molecule has 51 heavy (non-hydrogen) atoms. The summed E-state index contributed by atoms with van der Waals surface area (Å²) >= 11 is 0. The lowest BCUT2D eigenvalue weighted by Gasteiger charge is -2.33. The molecule has 1 fully saturated rings. The molecule has 2 aromatic carbocycles. The van der Waals surface area contributed by atoms with Gasteiger partial charge in [-0.1, -0.05) is 54.6 Å². The Balaban J connectivity index is 1.74. The van der Waals surface area contributed by atoms with Gasteiger partial charge in [0.15, 0.2) is 0 Å². The highest BCUT2D eigenvalue weighted by atomic mass is 16.6. The Labute approximate surface area is 304 Å². The van der Waals surface area contributed by atoms with Crippen molar-refractivity contribution in [2.24, 2.45) is 0 Å². The second-order valence-electron chi connectivity index (χ2n) is 16.1. The molecule has 0 bridgehead atoms. The molecule has 0 amide bonds. The van der Waals surface area contributed by atoms with E-state index in [4.69, 9.17) is 18.9 Å². The Morgan fingerprint density at radius 2 is 1.04 bits per heavy atom. The van der Waals surface area contributed by atoms with Crippen LogP contribution in [0.3, 0.4) is 0 Å². The zero-order valence-corrected chi connectivity index (χ0v) is 32.2. The predicted octanol–water partition coefficient (Wildman–Crippen LogP) is 5.49. The van der Waals surface area contributed by atoms with E-state index in [0.717, 1.165) is 16.7 Å². The van der Waals surface area contributed by atoms with Gasteiger partial charge in [-0.15, -0.1) is 0 Å². The van der Waals surface area contributed by atoms with Gasteiger partial charge in [0.2, 0.25) is 0 Å². The number of esters is 4. The summed E-state index contributed by atoms with van der Waals surface area (Å²) in [5, 5.41) is 0. The molecule has 282 valence electrons. The quantitative estimate of drug-likeness (QED) is 0.206. The highest BCUT2D eigenvalue weighted by molar-refractivity contribution is 5.78. The van der Waals surface area contributed by atoms with Crippen molar-refractivity contribution < 1.29 is 38.1 Å². The number of hydrogen-bond acceptors (Lipinski definition) is 11. The van der Waals surface area contributed by atoms with E-state index in [1.165, 1.54) is 0 Å². The molecule has 2 aromatic rings. The molecule has 1 saturated heterocycles. The highest BCUT2D eigenvalue weighted by Crippen LogP contribution is 2.21. The van der Waals surface area contributed by atoms with Crippen LogP contribution in [0.15, 0.2) is 54.6 Å². The van der Waals surface area contributed by atoms with Crippen LogP contribution in [-0.4, -0.2) is 114 Å². The second kappa shape index (κ2) is 18.6. The average molecular weight is 710 g/mol. The van der Waals surface area contributed by atoms with Crippen LogP contribution in [0.2, 0.25) is 0 Å². The Kier molecular flexibility index (Phi) is 15.2. The number of nitrogens with zero attached hydrogens (tertiary/aromatic N) is 3. The van der Waals surface area contributed by atoms with Crippen LogP contribution in [0.25, 0.3) is 11.1 Å². The lowest BCUT2D eigenvalue weighted by molar-refractivity contribution is -0.163. The second-order valence-corrected chi connectivity index (χ2v) is 16.1. The number of hydrogen-bond donors (Lipinski definition) is 0. The van der Waals surface area contributed by atoms with Gasteiger partial charge in [0.05, 0.1) is 13.1 Å². The molecule has 0 radical (unpaired) electrons. The highest BCUT2D eigenvalue weighted by Gasteiger charge is 2.33. The van der Waals surface area contributed by atoms with Gasteiger partial charge in [0.25, 0.3) is 0 Å². The summed E-state index contributed by atoms with van der Waals surface area (Å²) in [5.41, 5.74) is 1.04. The van der Waals surface area contributed by atoms with Crippen LogP contribution in [-0.2, 0) is 44.7 Å². The largest absolute Gasteiger partial charge is 0.461 e. The number of ether oxygens (including phenoxy) is 4. The minimum absolute atomic E-state index is 0.00571. The maximum absolute atomic E-state index is 13.7. The first-order chi connectivity index (χ1) is 23.8. The summed E-state index contributed by atoms with van der Waals surface area (Å²) < 4.78 is 22.7. The molecule has 1 heterocycles. The van der Waals surface area contributed by atoms with E-state index in [1.54, 1.807) is 0 Å². The van der Waals surface area contributed by atoms with Gasteiger partial charge in [0.1, 0.15) is 29.5 Å². The Morgan fingerprint density at radius 1 is 0.588 bits per heavy atom. The van der Waals surface area contributed by atoms with Crippen molar-refractivity contribution in [3.63, 3.8) is 0 Å². The van der Waals surface area contributed by atoms with Crippen molar-refractivity contribution in [1.82, 2.24) is 14.7 Å². The Bertz CT molecular complexity index is 1380. The topological polar surface area (TPSA) is 115 Å². The fourth-order valence-electron chi connectivity index (χ4n) is 5.63. The molecule has 0 aromatic heterocycles. The molecule has 1 aliphatic rings. The number of benzene rings is 2. The maximum atomic E-state index is 13.7. The van der Waals surface area contributed by atoms with Crippen LogP contribution in [0.4, 0.5) is 0 Å². The molecule has 1 aliphatic heterocycles. The minimum atomic E-state index is -0.758. The average Bonchev–Trinajstić information content (AvgIpc) is 3.09. The summed E-state index contributed by atoms with van der Waals surface area (Å²) in [5.74, 6) is -1.57. The zero-order valence-electron chi connectivity index (χ0n) is 32.2. The summed E-state index contributed by atoms with van der Waals surface area (Å²) in [4.78, 5) is 58.4. The molecule has 0 saturated carbocycles. The summed E-state index contributed by atoms with van der Waals surface area (Å²) in [6.45, 7) is 19.4. The van der Waals surface area contributed by atoms with E-state index >= 15 is 0 Å². The first-order valence-corrected chi connectivity index (χ1v) is 17.9. The third-order valence-corrected chi connectivity index (χ3v) is 7.89. The van der Waals surface area contributed by atoms with Gasteiger partial charge in [-0.2, -0.15) is 0 Å². The molecule has 1 atom stereocenters. The van der Waals surface area contributed by atoms with Crippen molar-refractivity contribution in [1.29, 1.82) is 0 Å². The molecule has 11 heteroatoms. The van der Waals surface area contributed by atoms with Gasteiger partial charge in [0, 0.05) is 45.7 Å². The predicted molar refractivity (Wildman–Crippen MR) is 197 cm³/mol. The monoisotopic (exact) mass is 709 g/mol. The van der Waals surface area contributed by atoms with Crippen molar-refractivity contribution in [3.05, 3.63) is 60.2 Å². The van der Waals surface area contributed by atoms with E-state index in [0.29, 0.717) is 39.3 Å². The molecule has 0 unspecified atom stereocenters. The first-order valence-electron chi connectivity index (χ1n) is 17.9. The van der Waals surface area contributed by atoms with Crippen LogP contribution in [0.1, 0.15) is 80.7 Å². The summed E-state index contributed by atoms with van der Waals surface area (Å²) in [6, 6.07) is 17.2. The van der Waals surface area contributed by atoms with Crippen molar-refractivity contribution in [3.8, 4) is 11.1 Å². The van der Waals surface area contributed by atoms with E-state index in [1.807, 2.05) is 132 Å². The first kappa shape index (κ1) is 41.6. The van der Waals surface area contributed by atoms with E-state index in [9.17, 15) is 19.2 Å². The van der Waals surface area contributed by atoms with Crippen LogP contribution in [0.5, 0.6) is 0 Å². The van der Waals surface area contributed by atoms with Crippen LogP contribution in [0, 0.1) is 0 Å². The molecular weight excluding hydrogens is 650 g/mol. The van der Waals surface area contributed by atoms with Crippen LogP contribution >= 0.6 is 0 Å². The van der Waals surface area contributed by atoms with Gasteiger partial charge in [-0.25, -0.2) is 0 Å². The lowest BCUT2D eigenvalue weighted by Crippen LogP contribution is -2.49. The van der Waals surface area contributed by atoms with Gasteiger partial charge in [-0.05, 0) is 85.4 Å². The SMILES string of the molecule is CC(C)(C)OC(=O)CN1CCN(CC(=O)OC(C)(C)C)CCN([C@H](CCC(=O)OCc2ccc(-c3ccccc3)cc2)C(=O)OC(C)(C)C)CC1. The number of rotatable bonds is 12. The molecule has 3 rings (SSSR count). The van der Waals surface area contributed by atoms with Crippen molar-refractivity contribution in [2.45, 2.75) is 105 Å². The summed E-state index contributed by atoms with van der Waals surface area (Å²) in [7, 11) is 0. The lowest BCUT2D eigenvalue weighted by atomic mass is 10.0. The zero-order chi connectivity index (χ0) is 37.8. The molecular formula is C40H59N3O8. The molecule has 0 N–H and O–H groups in total. The van der Waals surface area contributed by atoms with Gasteiger partial charge < -0.3 is 18.9 Å². The standard InChI is InChI=1S/C40H59N3O8/c1-38(2,3)49-35(45)27-41-21-22-42(28-36(46)50-39(4,5)6)24-26-43(25-23-41)33(37(47)51-40(7,8)9)19-20-34(44)48-29-30-15-17-32(18-16-30)31-13-11-10-12-14-31/h10-18,33H,19-29H2,1-9H3/t33-/m1/s1. The Hall–Kier alpha value is -3.80. The van der Waals surface area contributed by atoms with Gasteiger partial charge in [-0.3, -0.25) is 33.9 Å². The third kappa shape index (κ3) is 16.4. The fourth-order valence-corrected chi connectivity index (χ4v) is 5.63. The minimum Gasteiger partial charge on any atom is -0.461 e. The maximum Gasteiger partial charge on any atom is 0.323 e. The molecule has 0 spiro atoms. The smallest absolute Gasteiger partial charge is 0.323 e. The van der Waals surface area contributed by atoms with Gasteiger partial charge >= 0.3 is 23.9 Å². The molecule has 11 nitrogen and oxygen atoms in total. The van der Waals surface area contributed by atoms with E-state index in [-0.39, 0.29) is 44.5 Å². The van der Waals surface area contributed by atoms with Crippen molar-refractivity contribution in [2.75, 3.05) is 52.4 Å². The van der Waals surface area contributed by atoms with Crippen molar-refractivity contribution >= 4 is 23.9 Å². The number of carbonyl (C=O) groups excluding carboxylic acids is 4. The van der Waals surface area contributed by atoms with E-state index < -0.39 is 34.8 Å². The van der Waals surface area contributed by atoms with Crippen LogP contribution < -0.4 is 0 Å². The Morgan fingerprint density at radius 3 is 1.51 bits per heavy atom. The van der Waals surface area contributed by atoms with E-state index in [2.05, 4.69) is 0 Å².